The van der Waals surface area contributed by atoms with Crippen molar-refractivity contribution in [2.24, 2.45) is 5.92 Å². The minimum atomic E-state index is -0.345. The molecule has 0 bridgehead atoms. The van der Waals surface area contributed by atoms with Gasteiger partial charge in [0.1, 0.15) is 17.3 Å². The van der Waals surface area contributed by atoms with Crippen molar-refractivity contribution >= 4 is 17.4 Å². The third-order valence-corrected chi connectivity index (χ3v) is 6.00. The minimum Gasteiger partial charge on any atom is -0.491 e. The fourth-order valence-corrected chi connectivity index (χ4v) is 4.62. The van der Waals surface area contributed by atoms with Crippen molar-refractivity contribution in [3.05, 3.63) is 17.7 Å². The molecule has 1 aromatic rings. The molecule has 1 heterocycles. The summed E-state index contributed by atoms with van der Waals surface area (Å²) in [5.74, 6) is 1.78. The molecule has 0 radical (unpaired) electrons. The molecule has 1 fully saturated rings. The van der Waals surface area contributed by atoms with Gasteiger partial charge in [-0.15, -0.1) is 0 Å². The number of carbonyl (C=O) groups excluding carboxylic acids is 2. The van der Waals surface area contributed by atoms with Crippen molar-refractivity contribution in [3.8, 4) is 11.5 Å². The number of esters is 1. The van der Waals surface area contributed by atoms with Crippen LogP contribution in [0.2, 0.25) is 0 Å². The van der Waals surface area contributed by atoms with E-state index in [1.54, 1.807) is 0 Å². The number of benzene rings is 1. The number of hydrogen-bond acceptors (Lipinski definition) is 5. The lowest BCUT2D eigenvalue weighted by atomic mass is 9.71. The SMILES string of the molecule is CCCCCC(C)Oc1cc(OC(C)=O)c2c(c1)N(C)C[C@@H]1CCC(=O)C[C@@H]21. The lowest BCUT2D eigenvalue weighted by molar-refractivity contribution is -0.131. The first-order valence-electron chi connectivity index (χ1n) is 10.6. The van der Waals surface area contributed by atoms with Gasteiger partial charge in [0, 0.05) is 62.7 Å². The van der Waals surface area contributed by atoms with Crippen molar-refractivity contribution in [2.45, 2.75) is 77.7 Å². The Balaban J connectivity index is 1.92. The van der Waals surface area contributed by atoms with E-state index in [1.807, 2.05) is 12.1 Å². The van der Waals surface area contributed by atoms with E-state index in [4.69, 9.17) is 9.47 Å². The summed E-state index contributed by atoms with van der Waals surface area (Å²) in [5.41, 5.74) is 2.01. The molecule has 1 saturated carbocycles. The number of carbonyl (C=O) groups is 2. The Hall–Kier alpha value is -2.04. The van der Waals surface area contributed by atoms with Crippen LogP contribution >= 0.6 is 0 Å². The predicted octanol–water partition coefficient (Wildman–Crippen LogP) is 4.86. The fourth-order valence-electron chi connectivity index (χ4n) is 4.62. The monoisotopic (exact) mass is 387 g/mol. The molecule has 3 atom stereocenters. The maximum atomic E-state index is 12.1. The molecule has 1 aliphatic heterocycles. The van der Waals surface area contributed by atoms with Crippen LogP contribution in [0, 0.1) is 5.92 Å². The van der Waals surface area contributed by atoms with E-state index in [-0.39, 0.29) is 18.0 Å². The van der Waals surface area contributed by atoms with Crippen LogP contribution in [0.1, 0.15) is 77.2 Å². The van der Waals surface area contributed by atoms with E-state index < -0.39 is 0 Å². The Morgan fingerprint density at radius 2 is 2.11 bits per heavy atom. The van der Waals surface area contributed by atoms with Crippen LogP contribution in [0.15, 0.2) is 12.1 Å². The molecule has 5 heteroatoms. The van der Waals surface area contributed by atoms with Crippen LogP contribution in [0.25, 0.3) is 0 Å². The van der Waals surface area contributed by atoms with Crippen molar-refractivity contribution in [1.29, 1.82) is 0 Å². The van der Waals surface area contributed by atoms with Crippen LogP contribution in [0.4, 0.5) is 5.69 Å². The number of fused-ring (bicyclic) bond motifs is 3. The smallest absolute Gasteiger partial charge is 0.308 e. The molecule has 1 aromatic carbocycles. The molecule has 0 saturated heterocycles. The van der Waals surface area contributed by atoms with E-state index in [0.29, 0.717) is 30.3 Å². The Bertz CT molecular complexity index is 730. The van der Waals surface area contributed by atoms with Gasteiger partial charge in [0.2, 0.25) is 0 Å². The number of nitrogens with zero attached hydrogens (tertiary/aromatic N) is 1. The van der Waals surface area contributed by atoms with E-state index in [0.717, 1.165) is 42.8 Å². The number of ketones is 1. The Morgan fingerprint density at radius 1 is 1.32 bits per heavy atom. The highest BCUT2D eigenvalue weighted by atomic mass is 16.5. The molecular formula is C23H33NO4. The zero-order valence-corrected chi connectivity index (χ0v) is 17.6. The van der Waals surface area contributed by atoms with E-state index in [1.165, 1.54) is 19.8 Å². The summed E-state index contributed by atoms with van der Waals surface area (Å²) in [5, 5.41) is 0. The first-order valence-corrected chi connectivity index (χ1v) is 10.6. The van der Waals surface area contributed by atoms with Crippen LogP contribution in [0.5, 0.6) is 11.5 Å². The molecule has 154 valence electrons. The van der Waals surface area contributed by atoms with E-state index >= 15 is 0 Å². The molecular weight excluding hydrogens is 354 g/mol. The van der Waals surface area contributed by atoms with E-state index in [2.05, 4.69) is 25.8 Å². The average Bonchev–Trinajstić information content (AvgIpc) is 2.62. The van der Waals surface area contributed by atoms with Crippen LogP contribution in [-0.2, 0) is 9.59 Å². The summed E-state index contributed by atoms with van der Waals surface area (Å²) >= 11 is 0. The van der Waals surface area contributed by atoms with Crippen molar-refractivity contribution in [1.82, 2.24) is 0 Å². The number of ether oxygens (including phenoxy) is 2. The minimum absolute atomic E-state index is 0.104. The Morgan fingerprint density at radius 3 is 2.82 bits per heavy atom. The van der Waals surface area contributed by atoms with Crippen LogP contribution in [0.3, 0.4) is 0 Å². The van der Waals surface area contributed by atoms with Crippen molar-refractivity contribution < 1.29 is 19.1 Å². The first-order chi connectivity index (χ1) is 13.4. The third-order valence-electron chi connectivity index (χ3n) is 6.00. The standard InChI is InChI=1S/C23H33NO4/c1-5-6-7-8-15(2)27-19-12-21-23(22(13-19)28-16(3)25)20-11-18(26)10-9-17(20)14-24(21)4/h12-13,15,17,20H,5-11,14H2,1-4H3/t15?,17-,20+/m0/s1. The van der Waals surface area contributed by atoms with Gasteiger partial charge in [0.15, 0.2) is 0 Å². The van der Waals surface area contributed by atoms with Gasteiger partial charge in [-0.25, -0.2) is 0 Å². The highest BCUT2D eigenvalue weighted by Gasteiger charge is 2.39. The van der Waals surface area contributed by atoms with Gasteiger partial charge >= 0.3 is 5.97 Å². The quantitative estimate of drug-likeness (QED) is 0.380. The van der Waals surface area contributed by atoms with Gasteiger partial charge in [-0.2, -0.15) is 0 Å². The van der Waals surface area contributed by atoms with Gasteiger partial charge in [-0.3, -0.25) is 9.59 Å². The Kier molecular flexibility index (Phi) is 6.63. The van der Waals surface area contributed by atoms with Crippen LogP contribution < -0.4 is 14.4 Å². The van der Waals surface area contributed by atoms with Gasteiger partial charge in [0.05, 0.1) is 6.10 Å². The largest absolute Gasteiger partial charge is 0.491 e. The lowest BCUT2D eigenvalue weighted by Gasteiger charge is -2.42. The number of Topliss-reactive ketones (excluding diaryl/α,β-unsaturated/α-hetero) is 1. The maximum Gasteiger partial charge on any atom is 0.308 e. The predicted molar refractivity (Wildman–Crippen MR) is 110 cm³/mol. The second kappa shape index (κ2) is 8.97. The van der Waals surface area contributed by atoms with Gasteiger partial charge in [-0.05, 0) is 32.1 Å². The zero-order chi connectivity index (χ0) is 20.3. The summed E-state index contributed by atoms with van der Waals surface area (Å²) in [6.07, 6.45) is 6.74. The van der Waals surface area contributed by atoms with E-state index in [9.17, 15) is 9.59 Å². The molecule has 1 unspecified atom stereocenters. The second-order valence-corrected chi connectivity index (χ2v) is 8.40. The number of hydrogen-bond donors (Lipinski definition) is 0. The number of rotatable bonds is 7. The molecule has 0 amide bonds. The summed E-state index contributed by atoms with van der Waals surface area (Å²) in [7, 11) is 2.07. The average molecular weight is 388 g/mol. The molecule has 28 heavy (non-hydrogen) atoms. The van der Waals surface area contributed by atoms with Crippen LogP contribution in [-0.4, -0.2) is 31.4 Å². The number of anilines is 1. The maximum absolute atomic E-state index is 12.1. The normalized spacial score (nSPS) is 22.3. The molecule has 0 spiro atoms. The van der Waals surface area contributed by atoms with Crippen molar-refractivity contribution in [2.75, 3.05) is 18.5 Å². The number of unbranched alkanes of at least 4 members (excludes halogenated alkanes) is 2. The van der Waals surface area contributed by atoms with Gasteiger partial charge < -0.3 is 14.4 Å². The summed E-state index contributed by atoms with van der Waals surface area (Å²) in [6, 6.07) is 3.89. The molecule has 5 nitrogen and oxygen atoms in total. The molecule has 1 aliphatic carbocycles. The van der Waals surface area contributed by atoms with Gasteiger partial charge in [0.25, 0.3) is 0 Å². The topological polar surface area (TPSA) is 55.8 Å². The molecule has 0 N–H and O–H groups in total. The zero-order valence-electron chi connectivity index (χ0n) is 17.6. The second-order valence-electron chi connectivity index (χ2n) is 8.40. The summed E-state index contributed by atoms with van der Waals surface area (Å²) < 4.78 is 11.8. The molecule has 2 aliphatic rings. The lowest BCUT2D eigenvalue weighted by Crippen LogP contribution is -2.39. The molecule has 0 aromatic heterocycles. The third kappa shape index (κ3) is 4.68. The highest BCUT2D eigenvalue weighted by molar-refractivity contribution is 5.82. The fraction of sp³-hybridized carbons (Fsp3) is 0.652. The molecule has 3 rings (SSSR count). The van der Waals surface area contributed by atoms with Gasteiger partial charge in [-0.1, -0.05) is 19.8 Å². The first kappa shape index (κ1) is 20.7. The summed E-state index contributed by atoms with van der Waals surface area (Å²) in [6.45, 7) is 6.61. The Labute approximate surface area is 168 Å². The highest BCUT2D eigenvalue weighted by Crippen LogP contribution is 2.50. The van der Waals surface area contributed by atoms with Crippen molar-refractivity contribution in [3.63, 3.8) is 0 Å². The summed E-state index contributed by atoms with van der Waals surface area (Å²) in [4.78, 5) is 26.1.